The molecular formula is C80H89N3O24. The number of aromatic nitrogens is 3. The summed E-state index contributed by atoms with van der Waals surface area (Å²) in [6.07, 6.45) is 2.09. The first-order chi connectivity index (χ1) is 49.5. The molecule has 27 heteroatoms. The maximum atomic E-state index is 11.8. The summed E-state index contributed by atoms with van der Waals surface area (Å²) >= 11 is 0. The molecule has 0 amide bonds. The predicted octanol–water partition coefficient (Wildman–Crippen LogP) is 12.6. The van der Waals surface area contributed by atoms with Gasteiger partial charge in [0.2, 0.25) is 0 Å². The first-order valence-electron chi connectivity index (χ1n) is 33.1. The van der Waals surface area contributed by atoms with Crippen molar-refractivity contribution in [1.29, 1.82) is 0 Å². The zero-order chi connectivity index (χ0) is 80.6. The Morgan fingerprint density at radius 2 is 0.589 bits per heavy atom. The number of pyridine rings is 1. The van der Waals surface area contributed by atoms with Crippen molar-refractivity contribution in [3.8, 4) is 44.5 Å². The number of benzene rings is 6. The number of hydrogen-bond donors (Lipinski definition) is 11. The van der Waals surface area contributed by atoms with E-state index < -0.39 is 105 Å². The van der Waals surface area contributed by atoms with Crippen LogP contribution in [-0.4, -0.2) is 171 Å². The Morgan fingerprint density at radius 3 is 0.841 bits per heavy atom. The van der Waals surface area contributed by atoms with Crippen LogP contribution in [0.5, 0.6) is 0 Å². The van der Waals surface area contributed by atoms with Crippen molar-refractivity contribution in [3.63, 3.8) is 0 Å². The van der Waals surface area contributed by atoms with Crippen LogP contribution >= 0.6 is 0 Å². The molecule has 0 bridgehead atoms. The van der Waals surface area contributed by atoms with Crippen molar-refractivity contribution < 1.29 is 118 Å². The molecule has 8 rings (SSSR count). The van der Waals surface area contributed by atoms with Gasteiger partial charge in [-0.1, -0.05) is 127 Å². The summed E-state index contributed by atoms with van der Waals surface area (Å²) < 4.78 is 21.8. The fourth-order valence-corrected chi connectivity index (χ4v) is 11.2. The Kier molecular flexibility index (Phi) is 28.0. The van der Waals surface area contributed by atoms with Crippen molar-refractivity contribution in [2.45, 2.75) is 167 Å². The van der Waals surface area contributed by atoms with E-state index in [4.69, 9.17) is 24.1 Å². The topological polar surface area (TPSA) is 451 Å². The smallest absolute Gasteiger partial charge is 0.348 e. The average Bonchev–Trinajstić information content (AvgIpc) is 1.11. The Balaban J connectivity index is 0.000000256. The molecule has 0 aliphatic carbocycles. The van der Waals surface area contributed by atoms with Gasteiger partial charge in [-0.05, 0) is 188 Å². The van der Waals surface area contributed by atoms with Gasteiger partial charge in [0.05, 0.1) is 39.2 Å². The van der Waals surface area contributed by atoms with Gasteiger partial charge in [0, 0.05) is 49.3 Å². The number of nitrogens with one attached hydrogen (secondary N) is 1. The van der Waals surface area contributed by atoms with Crippen LogP contribution in [-0.2, 0) is 83.0 Å². The molecule has 0 spiro atoms. The van der Waals surface area contributed by atoms with E-state index in [-0.39, 0.29) is 36.8 Å². The summed E-state index contributed by atoms with van der Waals surface area (Å²) in [6, 6.07) is 43.8. The number of ether oxygens (including phenoxy) is 4. The largest absolute Gasteiger partial charge is 0.479 e. The summed E-state index contributed by atoms with van der Waals surface area (Å²) in [5.41, 5.74) is -2.69. The molecule has 0 saturated carbocycles. The van der Waals surface area contributed by atoms with Crippen molar-refractivity contribution in [2.24, 2.45) is 0 Å². The van der Waals surface area contributed by atoms with Crippen molar-refractivity contribution in [3.05, 3.63) is 215 Å². The van der Waals surface area contributed by atoms with Crippen LogP contribution in [0.4, 0.5) is 0 Å². The molecule has 0 fully saturated rings. The van der Waals surface area contributed by atoms with E-state index in [1.165, 1.54) is 18.2 Å². The number of nitrogens with zero attached hydrogens (tertiary/aromatic N) is 2. The van der Waals surface area contributed by atoms with Gasteiger partial charge in [0.25, 0.3) is 22.4 Å². The summed E-state index contributed by atoms with van der Waals surface area (Å²) in [6.45, 7) is 23.1. The average molecular weight is 1480 g/mol. The Hall–Kier alpha value is -11.8. The zero-order valence-electron chi connectivity index (χ0n) is 61.6. The first-order valence-corrected chi connectivity index (χ1v) is 33.1. The van der Waals surface area contributed by atoms with Crippen molar-refractivity contribution >= 4 is 59.7 Å². The monoisotopic (exact) mass is 1480 g/mol. The van der Waals surface area contributed by atoms with Gasteiger partial charge in [0.15, 0.2) is 0 Å². The lowest BCUT2D eigenvalue weighted by Crippen LogP contribution is -2.54. The third kappa shape index (κ3) is 23.1. The molecule has 2 heterocycles. The maximum absolute atomic E-state index is 11.8. The second-order valence-corrected chi connectivity index (χ2v) is 28.9. The van der Waals surface area contributed by atoms with E-state index >= 15 is 0 Å². The van der Waals surface area contributed by atoms with E-state index in [0.717, 1.165) is 44.8 Å². The standard InChI is InChI=1S/2C21H22O7.C19H24N2O5.C19H21NO5/c1-20(2,3)28-21(18(24)25,19(26)27)12-13-4-6-14(7-5-13)15-8-10-16(11-9-15)17(22)23;1-20(2,3)28-21(18(24)25,19(26)27)12-13-8-10-14(11-9-13)15-6-4-5-7-16(15)17(22)23;1-11-15(12(2)21-20-11)14-8-6-13(7-9-14)10-19(16(22)23,17(24)25)26-18(3,4)5;1-18(2,3)25-19(16(21)22,17(23)24)12-13-4-6-14(7-5-13)15-8-10-20-11-9-15/h2*4-11H,12H2,1-3H3,(H,22,23)(H,24,25)(H,26,27);6-9H,10H2,1-5H3,(H,20,21)(H,22,23)(H,24,25);4-11H,12H2,1-3H3,(H,21,22)(H,23,24). The number of carboxylic acids is 10. The molecule has 0 aliphatic heterocycles. The number of hydrogen-bond acceptors (Lipinski definition) is 16. The second kappa shape index (κ2) is 34.9. The molecule has 0 radical (unpaired) electrons. The lowest BCUT2D eigenvalue weighted by Gasteiger charge is -2.33. The highest BCUT2D eigenvalue weighted by atomic mass is 16.6. The van der Waals surface area contributed by atoms with Gasteiger partial charge < -0.3 is 70.0 Å². The molecule has 11 N–H and O–H groups in total. The highest BCUT2D eigenvalue weighted by molar-refractivity contribution is 6.04. The third-order valence-electron chi connectivity index (χ3n) is 15.7. The van der Waals surface area contributed by atoms with Gasteiger partial charge in [-0.15, -0.1) is 0 Å². The SMILES string of the molecule is CC(C)(C)OC(Cc1ccc(-c2ccc(C(=O)O)cc2)cc1)(C(=O)O)C(=O)O.CC(C)(C)OC(Cc1ccc(-c2ccccc2C(=O)O)cc1)(C(=O)O)C(=O)O.CC(C)(C)OC(Cc1ccc(-c2ccncc2)cc1)(C(=O)O)C(=O)O.Cc1n[nH]c(C)c1-c1ccc(CC(OC(C)(C)C)(C(=O)O)C(=O)O)cc1. The maximum Gasteiger partial charge on any atom is 0.348 e. The van der Waals surface area contributed by atoms with Crippen LogP contribution in [0, 0.1) is 13.8 Å². The molecule has 568 valence electrons. The quantitative estimate of drug-likeness (QED) is 0.0224. The van der Waals surface area contributed by atoms with E-state index in [2.05, 4.69) is 15.2 Å². The van der Waals surface area contributed by atoms with E-state index in [0.29, 0.717) is 33.4 Å². The second-order valence-electron chi connectivity index (χ2n) is 28.9. The molecule has 8 aromatic rings. The highest BCUT2D eigenvalue weighted by Gasteiger charge is 2.54. The Bertz CT molecular complexity index is 4410. The van der Waals surface area contributed by atoms with Gasteiger partial charge in [0.1, 0.15) is 0 Å². The number of aromatic carboxylic acids is 2. The minimum atomic E-state index is -2.43. The molecule has 107 heavy (non-hydrogen) atoms. The lowest BCUT2D eigenvalue weighted by atomic mass is 9.91. The molecule has 6 aromatic carbocycles. The third-order valence-corrected chi connectivity index (χ3v) is 15.7. The summed E-state index contributed by atoms with van der Waals surface area (Å²) in [4.78, 5) is 120. The fourth-order valence-electron chi connectivity index (χ4n) is 11.2. The minimum Gasteiger partial charge on any atom is -0.479 e. The Morgan fingerprint density at radius 1 is 0.327 bits per heavy atom. The molecular weight excluding hydrogens is 1390 g/mol. The van der Waals surface area contributed by atoms with E-state index in [9.17, 15) is 93.9 Å². The number of carbonyl (C=O) groups is 10. The highest BCUT2D eigenvalue weighted by Crippen LogP contribution is 2.34. The molecule has 0 aliphatic rings. The van der Waals surface area contributed by atoms with Gasteiger partial charge in [-0.3, -0.25) is 10.1 Å². The van der Waals surface area contributed by atoms with E-state index in [1.807, 2.05) is 50.2 Å². The van der Waals surface area contributed by atoms with Crippen LogP contribution in [0.25, 0.3) is 44.5 Å². The van der Waals surface area contributed by atoms with Crippen molar-refractivity contribution in [1.82, 2.24) is 15.2 Å². The predicted molar refractivity (Wildman–Crippen MR) is 391 cm³/mol. The summed E-state index contributed by atoms with van der Waals surface area (Å²) in [5, 5.41) is 102. The summed E-state index contributed by atoms with van der Waals surface area (Å²) in [7, 11) is 0. The molecule has 27 nitrogen and oxygen atoms in total. The number of carboxylic acid groups (broad SMARTS) is 10. The molecule has 2 aromatic heterocycles. The van der Waals surface area contributed by atoms with E-state index in [1.54, 1.807) is 199 Å². The Labute approximate surface area is 617 Å². The number of H-pyrrole nitrogens is 1. The van der Waals surface area contributed by atoms with Crippen molar-refractivity contribution in [2.75, 3.05) is 0 Å². The first kappa shape index (κ1) is 85.9. The number of rotatable bonds is 26. The fraction of sp³-hybridized carbons (Fsp3) is 0.325. The number of aryl methyl sites for hydroxylation is 2. The molecule has 0 atom stereocenters. The van der Waals surface area contributed by atoms with Gasteiger partial charge in [-0.2, -0.15) is 5.10 Å². The number of aliphatic carboxylic acids is 8. The van der Waals surface area contributed by atoms with Gasteiger partial charge >= 0.3 is 59.7 Å². The molecule has 0 saturated heterocycles. The molecule has 0 unspecified atom stereocenters. The zero-order valence-corrected chi connectivity index (χ0v) is 61.6. The van der Waals surface area contributed by atoms with Crippen LogP contribution in [0.2, 0.25) is 0 Å². The normalized spacial score (nSPS) is 11.9. The summed E-state index contributed by atoms with van der Waals surface area (Å²) in [5.74, 6) is -14.5. The lowest BCUT2D eigenvalue weighted by molar-refractivity contribution is -0.200. The van der Waals surface area contributed by atoms with Crippen LogP contribution in [0.15, 0.2) is 170 Å². The minimum absolute atomic E-state index is 0.136. The van der Waals surface area contributed by atoms with Crippen LogP contribution in [0.1, 0.15) is 137 Å². The van der Waals surface area contributed by atoms with Crippen LogP contribution in [0.3, 0.4) is 0 Å². The number of aromatic amines is 1. The van der Waals surface area contributed by atoms with Gasteiger partial charge in [-0.25, -0.2) is 47.9 Å². The van der Waals surface area contributed by atoms with Crippen LogP contribution < -0.4 is 0 Å².